The predicted molar refractivity (Wildman–Crippen MR) is 168 cm³/mol. The van der Waals surface area contributed by atoms with Crippen LogP contribution in [0.5, 0.6) is 0 Å². The van der Waals surface area contributed by atoms with Crippen LogP contribution in [-0.4, -0.2) is 48.0 Å². The normalized spacial score (nSPS) is 18.0. The molecule has 0 spiro atoms. The molecule has 1 N–H and O–H groups in total. The average molecular weight is 590 g/mol. The smallest absolute Gasteiger partial charge is 0.221 e. The SMILES string of the molecule is CC=C(/C=C(\OC)c1ccc(F)cc1F)C(C)=O.O=C(CC1CN(Cc2ccccc2)C1)NC1(C2=NC=CC=CC2)CC1.[HH]. The number of ketones is 1. The number of carbonyl (C=O) groups is 2. The molecule has 0 aromatic heterocycles. The summed E-state index contributed by atoms with van der Waals surface area (Å²) in [4.78, 5) is 30.7. The van der Waals surface area contributed by atoms with Gasteiger partial charge in [0, 0.05) is 57.5 Å². The number of hydrogen-bond acceptors (Lipinski definition) is 5. The summed E-state index contributed by atoms with van der Waals surface area (Å²) in [6.45, 7) is 6.11. The number of halogens is 2. The third-order valence-electron chi connectivity index (χ3n) is 7.73. The van der Waals surface area contributed by atoms with Gasteiger partial charge in [-0.05, 0) is 62.5 Å². The molecule has 43 heavy (non-hydrogen) atoms. The summed E-state index contributed by atoms with van der Waals surface area (Å²) >= 11 is 0. The fourth-order valence-corrected chi connectivity index (χ4v) is 5.25. The van der Waals surface area contributed by atoms with Crippen LogP contribution >= 0.6 is 0 Å². The van der Waals surface area contributed by atoms with E-state index >= 15 is 0 Å². The Hall–Kier alpha value is -4.17. The standard InChI is InChI=1S/C21H25N3O.C14H14F2O2.H2/c25-20(23-21(10-11-21)19-9-5-2-6-12-22-19)13-18-15-24(16-18)14-17-7-3-1-4-8-17;1-4-10(9(2)17)7-14(18-3)12-6-5-11(15)8-13(12)16;/h1-8,12,18H,9-11,13-16H2,(H,23,25);4-8H,1-3H3;1H/b;10-4?,14-7-;. The van der Waals surface area contributed by atoms with Crippen LogP contribution in [-0.2, 0) is 20.9 Å². The first-order valence-electron chi connectivity index (χ1n) is 14.6. The molecule has 8 heteroatoms. The molecule has 0 bridgehead atoms. The van der Waals surface area contributed by atoms with E-state index in [2.05, 4.69) is 45.6 Å². The van der Waals surface area contributed by atoms with Crippen LogP contribution in [0.2, 0.25) is 0 Å². The quantitative estimate of drug-likeness (QED) is 0.188. The fraction of sp³-hybridized carbons (Fsp3) is 0.343. The molecule has 1 amide bonds. The first-order chi connectivity index (χ1) is 20.7. The predicted octanol–water partition coefficient (Wildman–Crippen LogP) is 6.81. The summed E-state index contributed by atoms with van der Waals surface area (Å²) in [5, 5.41) is 3.27. The molecular weight excluding hydrogens is 548 g/mol. The summed E-state index contributed by atoms with van der Waals surface area (Å²) in [6.07, 6.45) is 14.4. The highest BCUT2D eigenvalue weighted by Crippen LogP contribution is 2.39. The van der Waals surface area contributed by atoms with E-state index in [1.54, 1.807) is 13.0 Å². The molecule has 5 rings (SSSR count). The topological polar surface area (TPSA) is 71.0 Å². The van der Waals surface area contributed by atoms with Crippen molar-refractivity contribution in [1.29, 1.82) is 0 Å². The lowest BCUT2D eigenvalue weighted by molar-refractivity contribution is -0.124. The second-order valence-electron chi connectivity index (χ2n) is 11.1. The van der Waals surface area contributed by atoms with Gasteiger partial charge in [-0.3, -0.25) is 19.5 Å². The number of nitrogens with zero attached hydrogens (tertiary/aromatic N) is 2. The zero-order chi connectivity index (χ0) is 30.8. The molecule has 2 aliphatic heterocycles. The Labute approximate surface area is 254 Å². The van der Waals surface area contributed by atoms with Crippen molar-refractivity contribution in [3.63, 3.8) is 0 Å². The number of allylic oxidation sites excluding steroid dienone is 6. The molecule has 1 saturated carbocycles. The van der Waals surface area contributed by atoms with Gasteiger partial charge >= 0.3 is 0 Å². The Morgan fingerprint density at radius 3 is 2.51 bits per heavy atom. The molecule has 0 atom stereocenters. The minimum Gasteiger partial charge on any atom is -0.496 e. The fourth-order valence-electron chi connectivity index (χ4n) is 5.25. The lowest BCUT2D eigenvalue weighted by Gasteiger charge is -2.39. The highest BCUT2D eigenvalue weighted by atomic mass is 19.1. The van der Waals surface area contributed by atoms with Gasteiger partial charge in [0.25, 0.3) is 0 Å². The van der Waals surface area contributed by atoms with Crippen LogP contribution in [0.15, 0.2) is 95.7 Å². The van der Waals surface area contributed by atoms with Crippen molar-refractivity contribution in [1.82, 2.24) is 10.2 Å². The Morgan fingerprint density at radius 2 is 1.88 bits per heavy atom. The van der Waals surface area contributed by atoms with Crippen molar-refractivity contribution in [3.8, 4) is 0 Å². The molecule has 0 unspecified atom stereocenters. The zero-order valence-corrected chi connectivity index (χ0v) is 25.0. The second-order valence-corrected chi connectivity index (χ2v) is 11.1. The van der Waals surface area contributed by atoms with Crippen LogP contribution in [0.4, 0.5) is 8.78 Å². The Balaban J connectivity index is 0.000000249. The Morgan fingerprint density at radius 1 is 1.14 bits per heavy atom. The summed E-state index contributed by atoms with van der Waals surface area (Å²) in [6, 6.07) is 13.7. The Kier molecular flexibility index (Phi) is 11.0. The average Bonchev–Trinajstić information content (AvgIpc) is 3.78. The molecule has 2 aromatic carbocycles. The number of ether oxygens (including phenoxy) is 1. The van der Waals surface area contributed by atoms with Gasteiger partial charge in [-0.1, -0.05) is 48.6 Å². The monoisotopic (exact) mass is 589 g/mol. The van der Waals surface area contributed by atoms with E-state index in [0.717, 1.165) is 56.7 Å². The van der Waals surface area contributed by atoms with Crippen LogP contribution in [0.25, 0.3) is 5.76 Å². The summed E-state index contributed by atoms with van der Waals surface area (Å²) in [7, 11) is 1.36. The van der Waals surface area contributed by atoms with Crippen molar-refractivity contribution in [2.45, 2.75) is 51.6 Å². The van der Waals surface area contributed by atoms with E-state index in [9.17, 15) is 18.4 Å². The number of benzene rings is 2. The van der Waals surface area contributed by atoms with Gasteiger partial charge < -0.3 is 10.1 Å². The number of nitrogens with one attached hydrogen (secondary N) is 1. The largest absolute Gasteiger partial charge is 0.496 e. The van der Waals surface area contributed by atoms with Gasteiger partial charge in [0.1, 0.15) is 17.4 Å². The first-order valence-corrected chi connectivity index (χ1v) is 14.6. The second kappa shape index (κ2) is 14.8. The number of aliphatic imine (C=N–C) groups is 1. The van der Waals surface area contributed by atoms with Gasteiger partial charge in [0.2, 0.25) is 5.91 Å². The first kappa shape index (κ1) is 31.8. The molecular formula is C35H41F2N3O3. The van der Waals surface area contributed by atoms with E-state index < -0.39 is 11.6 Å². The third-order valence-corrected chi connectivity index (χ3v) is 7.73. The number of amides is 1. The molecule has 2 heterocycles. The van der Waals surface area contributed by atoms with E-state index in [-0.39, 0.29) is 30.0 Å². The number of methoxy groups -OCH3 is 1. The number of likely N-dealkylation sites (tertiary alicyclic amines) is 1. The van der Waals surface area contributed by atoms with Crippen molar-refractivity contribution in [3.05, 3.63) is 113 Å². The Bertz CT molecular complexity index is 1460. The van der Waals surface area contributed by atoms with E-state index in [0.29, 0.717) is 17.9 Å². The van der Waals surface area contributed by atoms with E-state index in [1.807, 2.05) is 24.4 Å². The molecule has 6 nitrogen and oxygen atoms in total. The van der Waals surface area contributed by atoms with Gasteiger partial charge in [-0.2, -0.15) is 0 Å². The molecule has 228 valence electrons. The maximum Gasteiger partial charge on any atom is 0.221 e. The number of Topliss-reactive ketones (excluding diaryl/α,β-unsaturated/α-hetero) is 1. The van der Waals surface area contributed by atoms with Crippen molar-refractivity contribution in [2.75, 3.05) is 20.2 Å². The summed E-state index contributed by atoms with van der Waals surface area (Å²) in [5.41, 5.74) is 2.79. The number of rotatable bonds is 10. The highest BCUT2D eigenvalue weighted by Gasteiger charge is 2.48. The zero-order valence-electron chi connectivity index (χ0n) is 25.0. The highest BCUT2D eigenvalue weighted by molar-refractivity contribution is 6.01. The molecule has 1 saturated heterocycles. The minimum absolute atomic E-state index is 0. The van der Waals surface area contributed by atoms with Crippen LogP contribution in [0.1, 0.15) is 52.1 Å². The summed E-state index contributed by atoms with van der Waals surface area (Å²) < 4.78 is 31.4. The molecule has 1 aliphatic carbocycles. The lowest BCUT2D eigenvalue weighted by atomic mass is 9.94. The van der Waals surface area contributed by atoms with Crippen molar-refractivity contribution >= 4 is 23.2 Å². The van der Waals surface area contributed by atoms with Gasteiger partial charge in [0.15, 0.2) is 5.78 Å². The van der Waals surface area contributed by atoms with Crippen LogP contribution < -0.4 is 5.32 Å². The lowest BCUT2D eigenvalue weighted by Crippen LogP contribution is -2.50. The molecule has 2 fully saturated rings. The minimum atomic E-state index is -0.734. The number of carbonyl (C=O) groups excluding carboxylic acids is 2. The van der Waals surface area contributed by atoms with Crippen LogP contribution in [0.3, 0.4) is 0 Å². The maximum atomic E-state index is 13.6. The van der Waals surface area contributed by atoms with Crippen LogP contribution in [0, 0.1) is 17.6 Å². The number of hydrogen-bond donors (Lipinski definition) is 1. The van der Waals surface area contributed by atoms with Crippen molar-refractivity contribution < 1.29 is 24.5 Å². The van der Waals surface area contributed by atoms with E-state index in [4.69, 9.17) is 4.74 Å². The van der Waals surface area contributed by atoms with Gasteiger partial charge in [-0.15, -0.1) is 0 Å². The third kappa shape index (κ3) is 8.91. The molecule has 2 aromatic rings. The molecule has 3 aliphatic rings. The van der Waals surface area contributed by atoms with E-state index in [1.165, 1.54) is 31.7 Å². The maximum absolute atomic E-state index is 13.6. The molecule has 0 radical (unpaired) electrons. The summed E-state index contributed by atoms with van der Waals surface area (Å²) in [5.74, 6) is -0.714. The van der Waals surface area contributed by atoms with Gasteiger partial charge in [-0.25, -0.2) is 8.78 Å². The van der Waals surface area contributed by atoms with Gasteiger partial charge in [0.05, 0.1) is 18.2 Å². The van der Waals surface area contributed by atoms with Crippen molar-refractivity contribution in [2.24, 2.45) is 10.9 Å².